The second kappa shape index (κ2) is 6.02. The average molecular weight is 248 g/mol. The highest BCUT2D eigenvalue weighted by Crippen LogP contribution is 2.30. The van der Waals surface area contributed by atoms with Gasteiger partial charge in [-0.2, -0.15) is 13.2 Å². The first kappa shape index (κ1) is 14.0. The van der Waals surface area contributed by atoms with Crippen molar-refractivity contribution in [3.05, 3.63) is 35.4 Å². The lowest BCUT2D eigenvalue weighted by atomic mass is 9.94. The molecule has 1 unspecified atom stereocenters. The maximum atomic E-state index is 12.3. The molecule has 0 radical (unpaired) electrons. The topological polar surface area (TPSA) is 40.5 Å². The summed E-state index contributed by atoms with van der Waals surface area (Å²) < 4.78 is 37.0. The fraction of sp³-hybridized carbons (Fsp3) is 0.500. The van der Waals surface area contributed by atoms with Crippen LogP contribution in [-0.2, 0) is 6.18 Å². The molecule has 17 heavy (non-hydrogen) atoms. The number of alkyl halides is 3. The van der Waals surface area contributed by atoms with Crippen LogP contribution in [0.25, 0.3) is 0 Å². The van der Waals surface area contributed by atoms with E-state index in [2.05, 4.69) is 0 Å². The molecule has 0 spiro atoms. The Kier molecular flexibility index (Phi) is 4.96. The molecule has 0 heterocycles. The number of aliphatic hydroxyl groups excluding tert-OH is 2. The first-order valence-corrected chi connectivity index (χ1v) is 5.38. The van der Waals surface area contributed by atoms with Crippen molar-refractivity contribution in [2.75, 3.05) is 13.2 Å². The Hall–Kier alpha value is -1.07. The van der Waals surface area contributed by atoms with Crippen LogP contribution in [0.15, 0.2) is 24.3 Å². The van der Waals surface area contributed by atoms with Gasteiger partial charge in [0.2, 0.25) is 0 Å². The van der Waals surface area contributed by atoms with Gasteiger partial charge in [-0.25, -0.2) is 0 Å². The predicted octanol–water partition coefficient (Wildman–Crippen LogP) is 2.55. The molecule has 0 bridgehead atoms. The molecule has 0 fully saturated rings. The molecule has 96 valence electrons. The van der Waals surface area contributed by atoms with Crippen molar-refractivity contribution in [3.8, 4) is 0 Å². The molecular weight excluding hydrogens is 233 g/mol. The third-order valence-electron chi connectivity index (χ3n) is 2.64. The van der Waals surface area contributed by atoms with Gasteiger partial charge in [0.1, 0.15) is 0 Å². The lowest BCUT2D eigenvalue weighted by Crippen LogP contribution is -2.08. The van der Waals surface area contributed by atoms with E-state index >= 15 is 0 Å². The smallest absolute Gasteiger partial charge is 0.396 e. The fourth-order valence-corrected chi connectivity index (χ4v) is 1.65. The van der Waals surface area contributed by atoms with Gasteiger partial charge in [0.15, 0.2) is 0 Å². The first-order valence-electron chi connectivity index (χ1n) is 5.38. The largest absolute Gasteiger partial charge is 0.416 e. The Labute approximate surface area is 97.7 Å². The molecule has 1 aromatic rings. The number of hydrogen-bond donors (Lipinski definition) is 2. The van der Waals surface area contributed by atoms with Crippen LogP contribution >= 0.6 is 0 Å². The Balaban J connectivity index is 2.78. The maximum Gasteiger partial charge on any atom is 0.416 e. The molecule has 1 aromatic carbocycles. The lowest BCUT2D eigenvalue weighted by Gasteiger charge is -2.15. The van der Waals surface area contributed by atoms with E-state index in [1.54, 1.807) is 0 Å². The summed E-state index contributed by atoms with van der Waals surface area (Å²) >= 11 is 0. The van der Waals surface area contributed by atoms with Crippen LogP contribution in [0.3, 0.4) is 0 Å². The van der Waals surface area contributed by atoms with Crippen LogP contribution in [-0.4, -0.2) is 23.4 Å². The maximum absolute atomic E-state index is 12.3. The highest BCUT2D eigenvalue weighted by Gasteiger charge is 2.30. The summed E-state index contributed by atoms with van der Waals surface area (Å²) in [4.78, 5) is 0. The highest BCUT2D eigenvalue weighted by atomic mass is 19.4. The van der Waals surface area contributed by atoms with Crippen LogP contribution in [0.2, 0.25) is 0 Å². The SMILES string of the molecule is OCCCC(CO)c1ccc(C(F)(F)F)cc1. The summed E-state index contributed by atoms with van der Waals surface area (Å²) in [5, 5.41) is 17.8. The van der Waals surface area contributed by atoms with Crippen LogP contribution in [0.4, 0.5) is 13.2 Å². The van der Waals surface area contributed by atoms with E-state index < -0.39 is 11.7 Å². The van der Waals surface area contributed by atoms with Gasteiger partial charge >= 0.3 is 6.18 Å². The van der Waals surface area contributed by atoms with Crippen molar-refractivity contribution in [2.45, 2.75) is 24.9 Å². The van der Waals surface area contributed by atoms with Gasteiger partial charge in [-0.05, 0) is 30.5 Å². The quantitative estimate of drug-likeness (QED) is 0.840. The van der Waals surface area contributed by atoms with Crippen LogP contribution < -0.4 is 0 Å². The monoisotopic (exact) mass is 248 g/mol. The minimum atomic E-state index is -4.33. The van der Waals surface area contributed by atoms with Crippen molar-refractivity contribution in [2.24, 2.45) is 0 Å². The molecule has 0 saturated heterocycles. The molecule has 1 atom stereocenters. The Morgan fingerprint density at radius 1 is 1.06 bits per heavy atom. The van der Waals surface area contributed by atoms with Crippen molar-refractivity contribution < 1.29 is 23.4 Å². The van der Waals surface area contributed by atoms with Gasteiger partial charge in [0.25, 0.3) is 0 Å². The van der Waals surface area contributed by atoms with Gasteiger partial charge in [-0.3, -0.25) is 0 Å². The Morgan fingerprint density at radius 2 is 1.65 bits per heavy atom. The normalized spacial score (nSPS) is 13.7. The lowest BCUT2D eigenvalue weighted by molar-refractivity contribution is -0.137. The molecule has 5 heteroatoms. The Bertz CT molecular complexity index is 333. The van der Waals surface area contributed by atoms with E-state index in [4.69, 9.17) is 10.2 Å². The van der Waals surface area contributed by atoms with Crippen molar-refractivity contribution in [1.29, 1.82) is 0 Å². The summed E-state index contributed by atoms with van der Waals surface area (Å²) in [6, 6.07) is 4.77. The van der Waals surface area contributed by atoms with E-state index in [0.29, 0.717) is 18.4 Å². The molecule has 2 N–H and O–H groups in total. The molecule has 0 aliphatic rings. The highest BCUT2D eigenvalue weighted by molar-refractivity contribution is 5.27. The van der Waals surface area contributed by atoms with Gasteiger partial charge in [-0.1, -0.05) is 12.1 Å². The van der Waals surface area contributed by atoms with Crippen LogP contribution in [0, 0.1) is 0 Å². The van der Waals surface area contributed by atoms with Gasteiger partial charge in [0.05, 0.1) is 5.56 Å². The molecule has 2 nitrogen and oxygen atoms in total. The van der Waals surface area contributed by atoms with E-state index in [1.807, 2.05) is 0 Å². The average Bonchev–Trinajstić information content (AvgIpc) is 2.29. The number of aliphatic hydroxyl groups is 2. The zero-order valence-electron chi connectivity index (χ0n) is 9.24. The number of rotatable bonds is 5. The Morgan fingerprint density at radius 3 is 2.06 bits per heavy atom. The third kappa shape index (κ3) is 4.02. The van der Waals surface area contributed by atoms with Crippen LogP contribution in [0.5, 0.6) is 0 Å². The van der Waals surface area contributed by atoms with Crippen molar-refractivity contribution >= 4 is 0 Å². The summed E-state index contributed by atoms with van der Waals surface area (Å²) in [5.74, 6) is -0.218. The van der Waals surface area contributed by atoms with Gasteiger partial charge in [0, 0.05) is 19.1 Å². The molecular formula is C12H15F3O2. The minimum absolute atomic E-state index is 0.0110. The van der Waals surface area contributed by atoms with E-state index in [9.17, 15) is 13.2 Å². The molecule has 0 aliphatic heterocycles. The molecule has 0 amide bonds. The molecule has 0 aromatic heterocycles. The van der Waals surface area contributed by atoms with E-state index in [1.165, 1.54) is 12.1 Å². The zero-order valence-corrected chi connectivity index (χ0v) is 9.24. The summed E-state index contributed by atoms with van der Waals surface area (Å²) in [6.07, 6.45) is -3.26. The number of halogens is 3. The van der Waals surface area contributed by atoms with Crippen molar-refractivity contribution in [3.63, 3.8) is 0 Å². The number of benzene rings is 1. The summed E-state index contributed by atoms with van der Waals surface area (Å²) in [6.45, 7) is -0.123. The molecule has 0 aliphatic carbocycles. The molecule has 0 saturated carbocycles. The second-order valence-corrected chi connectivity index (χ2v) is 3.87. The van der Waals surface area contributed by atoms with E-state index in [-0.39, 0.29) is 19.1 Å². The zero-order chi connectivity index (χ0) is 12.9. The first-order chi connectivity index (χ1) is 7.99. The minimum Gasteiger partial charge on any atom is -0.396 e. The summed E-state index contributed by atoms with van der Waals surface area (Å²) in [5.41, 5.74) is -0.0333. The third-order valence-corrected chi connectivity index (χ3v) is 2.64. The summed E-state index contributed by atoms with van der Waals surface area (Å²) in [7, 11) is 0. The van der Waals surface area contributed by atoms with E-state index in [0.717, 1.165) is 12.1 Å². The van der Waals surface area contributed by atoms with Gasteiger partial charge < -0.3 is 10.2 Å². The second-order valence-electron chi connectivity index (χ2n) is 3.87. The molecule has 1 rings (SSSR count). The van der Waals surface area contributed by atoms with Crippen molar-refractivity contribution in [1.82, 2.24) is 0 Å². The predicted molar refractivity (Wildman–Crippen MR) is 57.6 cm³/mol. The van der Waals surface area contributed by atoms with Crippen LogP contribution in [0.1, 0.15) is 29.9 Å². The number of hydrogen-bond acceptors (Lipinski definition) is 2. The standard InChI is InChI=1S/C12H15F3O2/c13-12(14,15)11-5-3-9(4-6-11)10(8-17)2-1-7-16/h3-6,10,16-17H,1-2,7-8H2. The van der Waals surface area contributed by atoms with Gasteiger partial charge in [-0.15, -0.1) is 0 Å². The fourth-order valence-electron chi connectivity index (χ4n) is 1.65.